The van der Waals surface area contributed by atoms with Crippen LogP contribution in [-0.2, 0) is 0 Å². The lowest BCUT2D eigenvalue weighted by molar-refractivity contribution is 0.102. The Morgan fingerprint density at radius 1 is 1.15 bits per heavy atom. The number of rotatable bonds is 4. The third-order valence-electron chi connectivity index (χ3n) is 2.64. The van der Waals surface area contributed by atoms with E-state index in [0.717, 1.165) is 0 Å². The van der Waals surface area contributed by atoms with Crippen molar-refractivity contribution < 1.29 is 14.3 Å². The van der Waals surface area contributed by atoms with Crippen molar-refractivity contribution >= 4 is 17.4 Å². The summed E-state index contributed by atoms with van der Waals surface area (Å²) in [5, 5.41) is 2.72. The molecule has 2 aromatic rings. The summed E-state index contributed by atoms with van der Waals surface area (Å²) in [4.78, 5) is 16.0. The summed E-state index contributed by atoms with van der Waals surface area (Å²) in [5.74, 6) is 1.08. The molecule has 0 unspecified atom stereocenters. The Hall–Kier alpha value is -2.76. The molecule has 0 saturated heterocycles. The Morgan fingerprint density at radius 3 is 2.55 bits per heavy atom. The van der Waals surface area contributed by atoms with Crippen LogP contribution >= 0.6 is 0 Å². The second kappa shape index (κ2) is 5.92. The van der Waals surface area contributed by atoms with Crippen molar-refractivity contribution in [2.24, 2.45) is 0 Å². The minimum atomic E-state index is -0.343. The van der Waals surface area contributed by atoms with E-state index in [0.29, 0.717) is 23.0 Å². The van der Waals surface area contributed by atoms with Crippen LogP contribution in [0.2, 0.25) is 0 Å². The van der Waals surface area contributed by atoms with Gasteiger partial charge in [-0.25, -0.2) is 4.98 Å². The lowest BCUT2D eigenvalue weighted by atomic mass is 10.2. The average Bonchev–Trinajstić information content (AvgIpc) is 2.47. The average molecular weight is 273 g/mol. The van der Waals surface area contributed by atoms with Crippen molar-refractivity contribution in [3.05, 3.63) is 42.1 Å². The molecule has 1 aromatic carbocycles. The standard InChI is InChI=1S/C14H15N3O3/c1-19-11-7-6-9(8-12(11)20-2)16-14(18)10-4-3-5-13(15)17-10/h3-8H,1-2H3,(H2,15,17)(H,16,18). The van der Waals surface area contributed by atoms with Gasteiger partial charge in [0, 0.05) is 11.8 Å². The first-order valence-corrected chi connectivity index (χ1v) is 5.90. The van der Waals surface area contributed by atoms with Gasteiger partial charge in [0.1, 0.15) is 11.5 Å². The number of nitrogens with two attached hydrogens (primary N) is 1. The number of aromatic nitrogens is 1. The quantitative estimate of drug-likeness (QED) is 0.889. The zero-order chi connectivity index (χ0) is 14.5. The molecule has 6 heteroatoms. The molecule has 20 heavy (non-hydrogen) atoms. The minimum absolute atomic E-state index is 0.250. The molecule has 3 N–H and O–H groups in total. The van der Waals surface area contributed by atoms with Gasteiger partial charge in [-0.05, 0) is 24.3 Å². The molecule has 6 nitrogen and oxygen atoms in total. The van der Waals surface area contributed by atoms with Crippen LogP contribution in [0.3, 0.4) is 0 Å². The smallest absolute Gasteiger partial charge is 0.274 e. The molecule has 1 amide bonds. The molecular weight excluding hydrogens is 258 g/mol. The number of nitrogens with zero attached hydrogens (tertiary/aromatic N) is 1. The zero-order valence-electron chi connectivity index (χ0n) is 11.2. The first-order chi connectivity index (χ1) is 9.63. The molecule has 0 aliphatic carbocycles. The van der Waals surface area contributed by atoms with Crippen molar-refractivity contribution in [2.45, 2.75) is 0 Å². The highest BCUT2D eigenvalue weighted by Gasteiger charge is 2.10. The highest BCUT2D eigenvalue weighted by atomic mass is 16.5. The van der Waals surface area contributed by atoms with Crippen LogP contribution in [0.4, 0.5) is 11.5 Å². The molecule has 0 saturated carbocycles. The van der Waals surface area contributed by atoms with Crippen LogP contribution in [0.1, 0.15) is 10.5 Å². The highest BCUT2D eigenvalue weighted by Crippen LogP contribution is 2.29. The molecule has 1 aromatic heterocycles. The number of methoxy groups -OCH3 is 2. The molecule has 0 aliphatic rings. The first-order valence-electron chi connectivity index (χ1n) is 5.90. The normalized spacial score (nSPS) is 9.90. The van der Waals surface area contributed by atoms with Gasteiger partial charge in [-0.3, -0.25) is 4.79 Å². The number of hydrogen-bond donors (Lipinski definition) is 2. The Balaban J connectivity index is 2.19. The van der Waals surface area contributed by atoms with Crippen molar-refractivity contribution in [1.82, 2.24) is 4.98 Å². The van der Waals surface area contributed by atoms with E-state index in [1.54, 1.807) is 43.5 Å². The fourth-order valence-corrected chi connectivity index (χ4v) is 1.69. The number of amides is 1. The molecule has 0 atom stereocenters. The number of ether oxygens (including phenoxy) is 2. The molecule has 2 rings (SSSR count). The van der Waals surface area contributed by atoms with Crippen molar-refractivity contribution in [3.8, 4) is 11.5 Å². The Labute approximate surface area is 116 Å². The van der Waals surface area contributed by atoms with E-state index < -0.39 is 0 Å². The van der Waals surface area contributed by atoms with Gasteiger partial charge in [0.15, 0.2) is 11.5 Å². The molecule has 0 radical (unpaired) electrons. The Morgan fingerprint density at radius 2 is 1.90 bits per heavy atom. The van der Waals surface area contributed by atoms with Gasteiger partial charge < -0.3 is 20.5 Å². The number of anilines is 2. The van der Waals surface area contributed by atoms with Crippen molar-refractivity contribution in [2.75, 3.05) is 25.3 Å². The topological polar surface area (TPSA) is 86.5 Å². The number of nitrogen functional groups attached to an aromatic ring is 1. The van der Waals surface area contributed by atoms with E-state index in [1.165, 1.54) is 7.11 Å². The predicted molar refractivity (Wildman–Crippen MR) is 76.1 cm³/mol. The molecule has 0 aliphatic heterocycles. The lowest BCUT2D eigenvalue weighted by Crippen LogP contribution is -2.14. The second-order valence-corrected chi connectivity index (χ2v) is 3.97. The van der Waals surface area contributed by atoms with Crippen LogP contribution in [-0.4, -0.2) is 25.1 Å². The van der Waals surface area contributed by atoms with Crippen LogP contribution in [0.5, 0.6) is 11.5 Å². The molecular formula is C14H15N3O3. The van der Waals surface area contributed by atoms with Gasteiger partial charge in [0.05, 0.1) is 14.2 Å². The summed E-state index contributed by atoms with van der Waals surface area (Å²) in [6.45, 7) is 0. The molecule has 104 valence electrons. The maximum absolute atomic E-state index is 12.0. The third-order valence-corrected chi connectivity index (χ3v) is 2.64. The van der Waals surface area contributed by atoms with E-state index in [9.17, 15) is 4.79 Å². The summed E-state index contributed by atoms with van der Waals surface area (Å²) >= 11 is 0. The summed E-state index contributed by atoms with van der Waals surface area (Å²) in [6, 6.07) is 9.97. The van der Waals surface area contributed by atoms with Crippen LogP contribution < -0.4 is 20.5 Å². The van der Waals surface area contributed by atoms with Gasteiger partial charge in [0.25, 0.3) is 5.91 Å². The fourth-order valence-electron chi connectivity index (χ4n) is 1.69. The number of carbonyl (C=O) groups is 1. The number of nitrogens with one attached hydrogen (secondary N) is 1. The van der Waals surface area contributed by atoms with E-state index in [2.05, 4.69) is 10.3 Å². The van der Waals surface area contributed by atoms with Crippen LogP contribution in [0.15, 0.2) is 36.4 Å². The molecule has 0 spiro atoms. The molecule has 0 bridgehead atoms. The minimum Gasteiger partial charge on any atom is -0.493 e. The second-order valence-electron chi connectivity index (χ2n) is 3.97. The maximum Gasteiger partial charge on any atom is 0.274 e. The van der Waals surface area contributed by atoms with E-state index in [4.69, 9.17) is 15.2 Å². The lowest BCUT2D eigenvalue weighted by Gasteiger charge is -2.10. The van der Waals surface area contributed by atoms with E-state index in [-0.39, 0.29) is 11.6 Å². The monoisotopic (exact) mass is 273 g/mol. The number of benzene rings is 1. The van der Waals surface area contributed by atoms with E-state index in [1.807, 2.05) is 0 Å². The molecule has 1 heterocycles. The Bertz CT molecular complexity index is 629. The number of carbonyl (C=O) groups excluding carboxylic acids is 1. The summed E-state index contributed by atoms with van der Waals surface area (Å²) in [7, 11) is 3.08. The molecule has 0 fully saturated rings. The zero-order valence-corrected chi connectivity index (χ0v) is 11.2. The summed E-state index contributed by atoms with van der Waals surface area (Å²) in [5.41, 5.74) is 6.38. The maximum atomic E-state index is 12.0. The number of hydrogen-bond acceptors (Lipinski definition) is 5. The Kier molecular flexibility index (Phi) is 4.05. The fraction of sp³-hybridized carbons (Fsp3) is 0.143. The van der Waals surface area contributed by atoms with Gasteiger partial charge in [-0.1, -0.05) is 6.07 Å². The summed E-state index contributed by atoms with van der Waals surface area (Å²) < 4.78 is 10.3. The van der Waals surface area contributed by atoms with Crippen LogP contribution in [0, 0.1) is 0 Å². The largest absolute Gasteiger partial charge is 0.493 e. The van der Waals surface area contributed by atoms with Gasteiger partial charge in [0.2, 0.25) is 0 Å². The summed E-state index contributed by atoms with van der Waals surface area (Å²) in [6.07, 6.45) is 0. The van der Waals surface area contributed by atoms with Gasteiger partial charge in [-0.15, -0.1) is 0 Å². The van der Waals surface area contributed by atoms with Gasteiger partial charge >= 0.3 is 0 Å². The van der Waals surface area contributed by atoms with Crippen molar-refractivity contribution in [1.29, 1.82) is 0 Å². The van der Waals surface area contributed by atoms with Crippen molar-refractivity contribution in [3.63, 3.8) is 0 Å². The van der Waals surface area contributed by atoms with Crippen LogP contribution in [0.25, 0.3) is 0 Å². The van der Waals surface area contributed by atoms with E-state index >= 15 is 0 Å². The van der Waals surface area contributed by atoms with Gasteiger partial charge in [-0.2, -0.15) is 0 Å². The third kappa shape index (κ3) is 2.97. The highest BCUT2D eigenvalue weighted by molar-refractivity contribution is 6.03. The predicted octanol–water partition coefficient (Wildman–Crippen LogP) is 1.93. The SMILES string of the molecule is COc1ccc(NC(=O)c2cccc(N)n2)cc1OC. The first kappa shape index (κ1) is 13.7. The number of pyridine rings is 1.